The molecule has 0 aliphatic rings. The van der Waals surface area contributed by atoms with Gasteiger partial charge in [0.25, 0.3) is 0 Å². The summed E-state index contributed by atoms with van der Waals surface area (Å²) in [7, 11) is 1.93. The molecule has 0 saturated heterocycles. The van der Waals surface area contributed by atoms with Crippen molar-refractivity contribution in [3.05, 3.63) is 96.8 Å². The minimum Gasteiger partial charge on any atom is -0.437 e. The Morgan fingerprint density at radius 2 is 1.53 bits per heavy atom. The highest BCUT2D eigenvalue weighted by Crippen LogP contribution is 2.42. The second-order valence-electron chi connectivity index (χ2n) is 8.64. The molecule has 7 heteroatoms. The molecule has 0 spiro atoms. The standard InChI is InChI=1S/C27H24N4O.C4H9NO/c1-28-22-14-12-19(13-15-22)16-17-29-26-24-23(20-8-4-2-5-9-20)25(21-10-6-3-7-11-21)32-27(24)31-18-30-26;1-2-3-5-4-6/h2-15,18,28H,16-17H2,1H3,(H,29,30,31);4H,2-3H2,1H3,(H,5,6). The largest absolute Gasteiger partial charge is 0.437 e. The Kier molecular flexibility index (Phi) is 9.45. The molecule has 0 atom stereocenters. The molecule has 0 aliphatic carbocycles. The zero-order chi connectivity index (χ0) is 26.6. The van der Waals surface area contributed by atoms with Gasteiger partial charge in [0.1, 0.15) is 17.9 Å². The van der Waals surface area contributed by atoms with E-state index in [0.29, 0.717) is 12.1 Å². The van der Waals surface area contributed by atoms with Gasteiger partial charge in [0.05, 0.1) is 5.39 Å². The molecule has 194 valence electrons. The smallest absolute Gasteiger partial charge is 0.232 e. The predicted octanol–water partition coefficient (Wildman–Crippen LogP) is 6.40. The van der Waals surface area contributed by atoms with Gasteiger partial charge in [-0.15, -0.1) is 0 Å². The van der Waals surface area contributed by atoms with Gasteiger partial charge in [-0.25, -0.2) is 9.97 Å². The summed E-state index contributed by atoms with van der Waals surface area (Å²) in [6, 6.07) is 28.9. The lowest BCUT2D eigenvalue weighted by molar-refractivity contribution is -0.109. The minimum absolute atomic E-state index is 0.582. The number of amides is 1. The van der Waals surface area contributed by atoms with E-state index in [1.54, 1.807) is 6.33 Å². The number of hydrogen-bond acceptors (Lipinski definition) is 6. The third-order valence-electron chi connectivity index (χ3n) is 6.01. The predicted molar refractivity (Wildman–Crippen MR) is 155 cm³/mol. The van der Waals surface area contributed by atoms with Gasteiger partial charge >= 0.3 is 0 Å². The highest BCUT2D eigenvalue weighted by atomic mass is 16.3. The maximum atomic E-state index is 9.45. The van der Waals surface area contributed by atoms with Crippen molar-refractivity contribution >= 4 is 29.0 Å². The zero-order valence-electron chi connectivity index (χ0n) is 21.8. The summed E-state index contributed by atoms with van der Waals surface area (Å²) in [5.41, 5.74) is 6.05. The number of fused-ring (bicyclic) bond motifs is 1. The van der Waals surface area contributed by atoms with E-state index in [4.69, 9.17) is 4.42 Å². The van der Waals surface area contributed by atoms with Crippen molar-refractivity contribution in [2.75, 3.05) is 30.8 Å². The number of nitrogens with zero attached hydrogens (tertiary/aromatic N) is 2. The van der Waals surface area contributed by atoms with Crippen LogP contribution in [0, 0.1) is 0 Å². The molecule has 7 nitrogen and oxygen atoms in total. The maximum Gasteiger partial charge on any atom is 0.232 e. The van der Waals surface area contributed by atoms with Crippen LogP contribution in [0.3, 0.4) is 0 Å². The van der Waals surface area contributed by atoms with E-state index in [0.717, 1.165) is 65.3 Å². The summed E-state index contributed by atoms with van der Waals surface area (Å²) in [6.07, 6.45) is 4.17. The van der Waals surface area contributed by atoms with Gasteiger partial charge in [0, 0.05) is 37.0 Å². The van der Waals surface area contributed by atoms with Crippen molar-refractivity contribution in [1.82, 2.24) is 15.3 Å². The first-order valence-electron chi connectivity index (χ1n) is 12.8. The molecule has 0 saturated carbocycles. The molecule has 3 N–H and O–H groups in total. The van der Waals surface area contributed by atoms with Gasteiger partial charge < -0.3 is 20.4 Å². The zero-order valence-corrected chi connectivity index (χ0v) is 21.8. The Balaban J connectivity index is 0.000000505. The van der Waals surface area contributed by atoms with Crippen molar-refractivity contribution in [3.8, 4) is 22.5 Å². The van der Waals surface area contributed by atoms with Crippen LogP contribution in [0.2, 0.25) is 0 Å². The minimum atomic E-state index is 0.582. The van der Waals surface area contributed by atoms with Crippen LogP contribution in [-0.2, 0) is 11.2 Å². The number of benzene rings is 3. The lowest BCUT2D eigenvalue weighted by Crippen LogP contribution is -2.10. The van der Waals surface area contributed by atoms with Crippen LogP contribution in [0.4, 0.5) is 11.5 Å². The van der Waals surface area contributed by atoms with E-state index < -0.39 is 0 Å². The molecule has 0 fully saturated rings. The summed E-state index contributed by atoms with van der Waals surface area (Å²) in [5.74, 6) is 1.59. The molecule has 5 rings (SSSR count). The Labute approximate surface area is 223 Å². The van der Waals surface area contributed by atoms with Crippen molar-refractivity contribution in [3.63, 3.8) is 0 Å². The molecule has 0 radical (unpaired) electrons. The SMILES string of the molecule is CCCNC=O.CNc1ccc(CCNc2ncnc3oc(-c4ccccc4)c(-c4ccccc4)c23)cc1. The van der Waals surface area contributed by atoms with Crippen LogP contribution >= 0.6 is 0 Å². The fraction of sp³-hybridized carbons (Fsp3) is 0.194. The van der Waals surface area contributed by atoms with Gasteiger partial charge in [-0.3, -0.25) is 4.79 Å². The molecule has 1 amide bonds. The molecule has 2 aromatic heterocycles. The van der Waals surface area contributed by atoms with E-state index >= 15 is 0 Å². The number of hydrogen-bond donors (Lipinski definition) is 3. The average molecular weight is 508 g/mol. The van der Waals surface area contributed by atoms with Crippen LogP contribution in [0.15, 0.2) is 95.7 Å². The maximum absolute atomic E-state index is 9.45. The van der Waals surface area contributed by atoms with Crippen LogP contribution in [0.1, 0.15) is 18.9 Å². The van der Waals surface area contributed by atoms with E-state index in [1.165, 1.54) is 5.56 Å². The summed E-state index contributed by atoms with van der Waals surface area (Å²) in [4.78, 5) is 18.5. The van der Waals surface area contributed by atoms with Crippen LogP contribution in [-0.4, -0.2) is 36.5 Å². The van der Waals surface area contributed by atoms with E-state index in [-0.39, 0.29) is 0 Å². The summed E-state index contributed by atoms with van der Waals surface area (Å²) >= 11 is 0. The van der Waals surface area contributed by atoms with Crippen LogP contribution in [0.5, 0.6) is 0 Å². The quantitative estimate of drug-likeness (QED) is 0.150. The van der Waals surface area contributed by atoms with Gasteiger partial charge in [0.15, 0.2) is 0 Å². The molecular formula is C31H33N5O2. The number of rotatable bonds is 10. The first-order valence-corrected chi connectivity index (χ1v) is 12.8. The summed E-state index contributed by atoms with van der Waals surface area (Å²) < 4.78 is 6.27. The van der Waals surface area contributed by atoms with Crippen molar-refractivity contribution < 1.29 is 9.21 Å². The Hall–Kier alpha value is -4.65. The molecular weight excluding hydrogens is 474 g/mol. The highest BCUT2D eigenvalue weighted by molar-refractivity contribution is 6.05. The fourth-order valence-corrected chi connectivity index (χ4v) is 4.11. The Morgan fingerprint density at radius 3 is 2.13 bits per heavy atom. The third kappa shape index (κ3) is 6.56. The van der Waals surface area contributed by atoms with Crippen LogP contribution in [0.25, 0.3) is 33.6 Å². The molecule has 5 aromatic rings. The second kappa shape index (κ2) is 13.6. The number of anilines is 2. The van der Waals surface area contributed by atoms with E-state index in [2.05, 4.69) is 74.4 Å². The number of carbonyl (C=O) groups is 1. The molecule has 0 bridgehead atoms. The summed E-state index contributed by atoms with van der Waals surface area (Å²) in [5, 5.41) is 10.1. The molecule has 0 aliphatic heterocycles. The highest BCUT2D eigenvalue weighted by Gasteiger charge is 2.21. The number of carbonyl (C=O) groups excluding carboxylic acids is 1. The number of furan rings is 1. The monoisotopic (exact) mass is 507 g/mol. The molecule has 2 heterocycles. The van der Waals surface area contributed by atoms with Gasteiger partial charge in [-0.1, -0.05) is 79.7 Å². The van der Waals surface area contributed by atoms with Crippen molar-refractivity contribution in [1.29, 1.82) is 0 Å². The summed E-state index contributed by atoms with van der Waals surface area (Å²) in [6.45, 7) is 3.56. The van der Waals surface area contributed by atoms with E-state index in [9.17, 15) is 4.79 Å². The average Bonchev–Trinajstić information content (AvgIpc) is 3.38. The third-order valence-corrected chi connectivity index (χ3v) is 6.01. The van der Waals surface area contributed by atoms with Crippen LogP contribution < -0.4 is 16.0 Å². The van der Waals surface area contributed by atoms with E-state index in [1.807, 2.05) is 50.4 Å². The number of nitrogens with one attached hydrogen (secondary N) is 3. The topological polar surface area (TPSA) is 92.1 Å². The number of aromatic nitrogens is 2. The first kappa shape index (κ1) is 26.4. The molecule has 0 unspecified atom stereocenters. The lowest BCUT2D eigenvalue weighted by atomic mass is 9.99. The Morgan fingerprint density at radius 1 is 0.842 bits per heavy atom. The first-order chi connectivity index (χ1) is 18.7. The fourth-order valence-electron chi connectivity index (χ4n) is 4.11. The van der Waals surface area contributed by atoms with Crippen molar-refractivity contribution in [2.45, 2.75) is 19.8 Å². The van der Waals surface area contributed by atoms with Crippen molar-refractivity contribution in [2.24, 2.45) is 0 Å². The van der Waals surface area contributed by atoms with Gasteiger partial charge in [0.2, 0.25) is 12.1 Å². The Bertz CT molecular complexity index is 1420. The molecule has 38 heavy (non-hydrogen) atoms. The van der Waals surface area contributed by atoms with Gasteiger partial charge in [-0.05, 0) is 36.1 Å². The molecule has 3 aromatic carbocycles. The van der Waals surface area contributed by atoms with Gasteiger partial charge in [-0.2, -0.15) is 0 Å². The normalized spacial score (nSPS) is 10.4. The second-order valence-corrected chi connectivity index (χ2v) is 8.64. The lowest BCUT2D eigenvalue weighted by Gasteiger charge is -2.09.